The van der Waals surface area contributed by atoms with Crippen LogP contribution in [0.2, 0.25) is 0 Å². The van der Waals surface area contributed by atoms with Crippen LogP contribution in [-0.2, 0) is 27.7 Å². The molecule has 0 atom stereocenters. The molecule has 2 aromatic carbocycles. The molecule has 1 amide bonds. The van der Waals surface area contributed by atoms with Crippen LogP contribution < -0.4 is 9.62 Å². The lowest BCUT2D eigenvalue weighted by Gasteiger charge is -2.19. The lowest BCUT2D eigenvalue weighted by molar-refractivity contribution is -0.121. The van der Waals surface area contributed by atoms with Crippen molar-refractivity contribution in [1.82, 2.24) is 0 Å². The number of amides is 1. The zero-order valence-corrected chi connectivity index (χ0v) is 16.2. The van der Waals surface area contributed by atoms with Gasteiger partial charge in [0, 0.05) is 23.8 Å². The summed E-state index contributed by atoms with van der Waals surface area (Å²) in [5, 5.41) is 0. The molecule has 0 fully saturated rings. The molecule has 5 nitrogen and oxygen atoms in total. The summed E-state index contributed by atoms with van der Waals surface area (Å²) in [5.74, 6) is -0.636. The van der Waals surface area contributed by atoms with Gasteiger partial charge >= 0.3 is 0 Å². The first kappa shape index (κ1) is 19.4. The lowest BCUT2D eigenvalue weighted by Crippen LogP contribution is -2.32. The molecule has 27 heavy (non-hydrogen) atoms. The standard InChI is InChI=1S/C20H23FN2O3S/c1-14(2)20(24)23-11-9-16-13-17(7-8-19(16)23)22-27(25,26)12-10-15-5-3-4-6-18(15)21/h3-8,13-14,22H,9-12H2,1-2H3. The Labute approximate surface area is 159 Å². The van der Waals surface area contributed by atoms with Gasteiger partial charge in [-0.15, -0.1) is 0 Å². The number of nitrogens with one attached hydrogen (secondary N) is 1. The number of sulfonamides is 1. The van der Waals surface area contributed by atoms with Crippen LogP contribution in [0.15, 0.2) is 42.5 Å². The van der Waals surface area contributed by atoms with E-state index < -0.39 is 15.8 Å². The minimum absolute atomic E-state index is 0.0620. The van der Waals surface area contributed by atoms with Crippen molar-refractivity contribution in [1.29, 1.82) is 0 Å². The number of fused-ring (bicyclic) bond motifs is 1. The maximum atomic E-state index is 13.7. The fourth-order valence-corrected chi connectivity index (χ4v) is 4.26. The number of carbonyl (C=O) groups excluding carboxylic acids is 1. The van der Waals surface area contributed by atoms with E-state index in [1.54, 1.807) is 41.3 Å². The number of anilines is 2. The average molecular weight is 390 g/mol. The molecule has 0 aromatic heterocycles. The number of rotatable bonds is 6. The Kier molecular flexibility index (Phi) is 5.51. The Morgan fingerprint density at radius 3 is 2.67 bits per heavy atom. The Balaban J connectivity index is 1.69. The number of aryl methyl sites for hydroxylation is 1. The van der Waals surface area contributed by atoms with Crippen LogP contribution >= 0.6 is 0 Å². The second-order valence-electron chi connectivity index (χ2n) is 7.00. The number of hydrogen-bond donors (Lipinski definition) is 1. The lowest BCUT2D eigenvalue weighted by atomic mass is 10.1. The van der Waals surface area contributed by atoms with Crippen LogP contribution in [0.5, 0.6) is 0 Å². The molecular formula is C20H23FN2O3S. The summed E-state index contributed by atoms with van der Waals surface area (Å²) < 4.78 is 40.9. The molecular weight excluding hydrogens is 367 g/mol. The summed E-state index contributed by atoms with van der Waals surface area (Å²) in [5.41, 5.74) is 2.61. The van der Waals surface area contributed by atoms with Crippen LogP contribution in [0, 0.1) is 11.7 Å². The van der Waals surface area contributed by atoms with Crippen LogP contribution in [-0.4, -0.2) is 26.6 Å². The molecule has 1 heterocycles. The van der Waals surface area contributed by atoms with Gasteiger partial charge in [0.1, 0.15) is 5.82 Å². The summed E-state index contributed by atoms with van der Waals surface area (Å²) in [7, 11) is -3.61. The van der Waals surface area contributed by atoms with Crippen molar-refractivity contribution in [2.75, 3.05) is 21.9 Å². The van der Waals surface area contributed by atoms with Gasteiger partial charge in [-0.05, 0) is 48.2 Å². The summed E-state index contributed by atoms with van der Waals surface area (Å²) in [4.78, 5) is 14.0. The summed E-state index contributed by atoms with van der Waals surface area (Å²) in [6.45, 7) is 4.33. The molecule has 0 aliphatic carbocycles. The van der Waals surface area contributed by atoms with Crippen LogP contribution in [0.25, 0.3) is 0 Å². The maximum Gasteiger partial charge on any atom is 0.233 e. The minimum atomic E-state index is -3.61. The summed E-state index contributed by atoms with van der Waals surface area (Å²) >= 11 is 0. The van der Waals surface area contributed by atoms with E-state index in [2.05, 4.69) is 4.72 Å². The molecule has 1 aliphatic rings. The number of hydrogen-bond acceptors (Lipinski definition) is 3. The van der Waals surface area contributed by atoms with Gasteiger partial charge in [-0.2, -0.15) is 0 Å². The Morgan fingerprint density at radius 1 is 1.22 bits per heavy atom. The highest BCUT2D eigenvalue weighted by Gasteiger charge is 2.26. The van der Waals surface area contributed by atoms with Crippen molar-refractivity contribution in [3.8, 4) is 0 Å². The van der Waals surface area contributed by atoms with Crippen molar-refractivity contribution in [2.45, 2.75) is 26.7 Å². The van der Waals surface area contributed by atoms with Gasteiger partial charge < -0.3 is 4.90 Å². The fourth-order valence-electron chi connectivity index (χ4n) is 3.18. The van der Waals surface area contributed by atoms with Crippen LogP contribution in [0.3, 0.4) is 0 Å². The molecule has 0 unspecified atom stereocenters. The molecule has 0 radical (unpaired) electrons. The number of nitrogens with zero attached hydrogens (tertiary/aromatic N) is 1. The van der Waals surface area contributed by atoms with E-state index in [-0.39, 0.29) is 24.0 Å². The number of benzene rings is 2. The average Bonchev–Trinajstić information content (AvgIpc) is 3.03. The van der Waals surface area contributed by atoms with Gasteiger partial charge in [-0.25, -0.2) is 12.8 Å². The molecule has 1 N–H and O–H groups in total. The molecule has 0 spiro atoms. The van der Waals surface area contributed by atoms with Crippen molar-refractivity contribution >= 4 is 27.3 Å². The highest BCUT2D eigenvalue weighted by molar-refractivity contribution is 7.92. The first-order chi connectivity index (χ1) is 12.8. The van der Waals surface area contributed by atoms with Gasteiger partial charge in [-0.3, -0.25) is 9.52 Å². The molecule has 0 saturated carbocycles. The van der Waals surface area contributed by atoms with E-state index in [0.29, 0.717) is 24.2 Å². The van der Waals surface area contributed by atoms with Crippen molar-refractivity contribution in [3.05, 3.63) is 59.4 Å². The van der Waals surface area contributed by atoms with E-state index in [0.717, 1.165) is 11.3 Å². The highest BCUT2D eigenvalue weighted by Crippen LogP contribution is 2.31. The zero-order valence-electron chi connectivity index (χ0n) is 15.4. The van der Waals surface area contributed by atoms with Gasteiger partial charge in [0.25, 0.3) is 0 Å². The predicted octanol–water partition coefficient (Wildman–Crippen LogP) is 3.36. The molecule has 0 bridgehead atoms. The maximum absolute atomic E-state index is 13.7. The monoisotopic (exact) mass is 390 g/mol. The second-order valence-corrected chi connectivity index (χ2v) is 8.84. The summed E-state index contributed by atoms with van der Waals surface area (Å²) in [6, 6.07) is 11.4. The van der Waals surface area contributed by atoms with Crippen LogP contribution in [0.4, 0.5) is 15.8 Å². The van der Waals surface area contributed by atoms with Crippen molar-refractivity contribution in [2.24, 2.45) is 5.92 Å². The largest absolute Gasteiger partial charge is 0.312 e. The predicted molar refractivity (Wildman–Crippen MR) is 105 cm³/mol. The summed E-state index contributed by atoms with van der Waals surface area (Å²) in [6.07, 6.45) is 0.794. The minimum Gasteiger partial charge on any atom is -0.312 e. The Morgan fingerprint density at radius 2 is 1.96 bits per heavy atom. The molecule has 1 aliphatic heterocycles. The normalized spacial score (nSPS) is 13.7. The van der Waals surface area contributed by atoms with E-state index in [1.165, 1.54) is 6.07 Å². The van der Waals surface area contributed by atoms with E-state index >= 15 is 0 Å². The highest BCUT2D eigenvalue weighted by atomic mass is 32.2. The van der Waals surface area contributed by atoms with Crippen molar-refractivity contribution in [3.63, 3.8) is 0 Å². The molecule has 0 saturated heterocycles. The van der Waals surface area contributed by atoms with Gasteiger partial charge in [0.05, 0.1) is 5.75 Å². The van der Waals surface area contributed by atoms with Gasteiger partial charge in [0.15, 0.2) is 0 Å². The molecule has 7 heteroatoms. The Bertz CT molecular complexity index is 957. The number of carbonyl (C=O) groups is 1. The fraction of sp³-hybridized carbons (Fsp3) is 0.350. The third-order valence-electron chi connectivity index (χ3n) is 4.61. The van der Waals surface area contributed by atoms with Gasteiger partial charge in [-0.1, -0.05) is 32.0 Å². The van der Waals surface area contributed by atoms with E-state index in [9.17, 15) is 17.6 Å². The first-order valence-electron chi connectivity index (χ1n) is 8.95. The van der Waals surface area contributed by atoms with Crippen LogP contribution in [0.1, 0.15) is 25.0 Å². The first-order valence-corrected chi connectivity index (χ1v) is 10.6. The quantitative estimate of drug-likeness (QED) is 0.823. The Hall–Kier alpha value is -2.41. The zero-order chi connectivity index (χ0) is 19.6. The SMILES string of the molecule is CC(C)C(=O)N1CCc2cc(NS(=O)(=O)CCc3ccccc3F)ccc21. The second kappa shape index (κ2) is 7.68. The molecule has 2 aromatic rings. The smallest absolute Gasteiger partial charge is 0.233 e. The topological polar surface area (TPSA) is 66.5 Å². The van der Waals surface area contributed by atoms with Crippen molar-refractivity contribution < 1.29 is 17.6 Å². The third kappa shape index (κ3) is 4.47. The number of halogens is 1. The van der Waals surface area contributed by atoms with Gasteiger partial charge in [0.2, 0.25) is 15.9 Å². The third-order valence-corrected chi connectivity index (χ3v) is 5.89. The molecule has 144 valence electrons. The molecule has 3 rings (SSSR count). The van der Waals surface area contributed by atoms with E-state index in [1.807, 2.05) is 13.8 Å². The van der Waals surface area contributed by atoms with E-state index in [4.69, 9.17) is 0 Å².